The van der Waals surface area contributed by atoms with Crippen LogP contribution in [-0.2, 0) is 6.42 Å². The molecular formula is C22H37IN4S. The van der Waals surface area contributed by atoms with Crippen LogP contribution in [0, 0.1) is 5.92 Å². The first-order valence-corrected chi connectivity index (χ1v) is 11.5. The highest BCUT2D eigenvalue weighted by Crippen LogP contribution is 2.29. The Morgan fingerprint density at radius 1 is 1.25 bits per heavy atom. The smallest absolute Gasteiger partial charge is 0.193 e. The van der Waals surface area contributed by atoms with Gasteiger partial charge in [-0.3, -0.25) is 4.99 Å². The molecule has 2 aliphatic heterocycles. The summed E-state index contributed by atoms with van der Waals surface area (Å²) in [6.45, 7) is 14.5. The molecule has 0 aliphatic carbocycles. The molecular weight excluding hydrogens is 479 g/mol. The lowest BCUT2D eigenvalue weighted by Gasteiger charge is -2.39. The van der Waals surface area contributed by atoms with E-state index in [4.69, 9.17) is 4.99 Å². The van der Waals surface area contributed by atoms with Crippen LogP contribution in [0.25, 0.3) is 0 Å². The first kappa shape index (κ1) is 23.8. The SMILES string of the molecule is CCNC(=NCC1CCN(CCc2ccccc2)C1)N1CCSC(C)(C)C1.I. The maximum absolute atomic E-state index is 5.03. The fourth-order valence-electron chi connectivity index (χ4n) is 4.04. The third kappa shape index (κ3) is 7.41. The molecule has 1 atom stereocenters. The van der Waals surface area contributed by atoms with Crippen LogP contribution >= 0.6 is 35.7 Å². The highest BCUT2D eigenvalue weighted by molar-refractivity contribution is 14.0. The second-order valence-electron chi connectivity index (χ2n) is 8.42. The zero-order chi connectivity index (χ0) is 19.1. The van der Waals surface area contributed by atoms with Gasteiger partial charge in [0.15, 0.2) is 5.96 Å². The molecule has 0 radical (unpaired) electrons. The number of hydrogen-bond acceptors (Lipinski definition) is 3. The van der Waals surface area contributed by atoms with Crippen LogP contribution in [0.1, 0.15) is 32.8 Å². The van der Waals surface area contributed by atoms with Crippen molar-refractivity contribution in [3.8, 4) is 0 Å². The van der Waals surface area contributed by atoms with Gasteiger partial charge in [0.05, 0.1) is 0 Å². The number of halogens is 1. The number of guanidine groups is 1. The molecule has 1 N–H and O–H groups in total. The average Bonchev–Trinajstić information content (AvgIpc) is 3.11. The minimum absolute atomic E-state index is 0. The van der Waals surface area contributed by atoms with E-state index in [0.29, 0.717) is 10.7 Å². The average molecular weight is 517 g/mol. The Kier molecular flexibility index (Phi) is 9.90. The molecule has 2 fully saturated rings. The van der Waals surface area contributed by atoms with Gasteiger partial charge in [0.1, 0.15) is 0 Å². The van der Waals surface area contributed by atoms with Crippen molar-refractivity contribution in [3.63, 3.8) is 0 Å². The zero-order valence-corrected chi connectivity index (χ0v) is 20.8. The Morgan fingerprint density at radius 3 is 2.75 bits per heavy atom. The Bertz CT molecular complexity index is 608. The van der Waals surface area contributed by atoms with Crippen molar-refractivity contribution in [2.45, 2.75) is 38.4 Å². The molecule has 0 bridgehead atoms. The van der Waals surface area contributed by atoms with Gasteiger partial charge in [-0.15, -0.1) is 24.0 Å². The fraction of sp³-hybridized carbons (Fsp3) is 0.682. The van der Waals surface area contributed by atoms with Crippen molar-refractivity contribution in [1.82, 2.24) is 15.1 Å². The lowest BCUT2D eigenvalue weighted by molar-refractivity contribution is 0.329. The highest BCUT2D eigenvalue weighted by atomic mass is 127. The van der Waals surface area contributed by atoms with Crippen molar-refractivity contribution in [2.24, 2.45) is 10.9 Å². The summed E-state index contributed by atoms with van der Waals surface area (Å²) >= 11 is 2.08. The van der Waals surface area contributed by atoms with Gasteiger partial charge in [-0.25, -0.2) is 0 Å². The van der Waals surface area contributed by atoms with Crippen LogP contribution in [0.15, 0.2) is 35.3 Å². The Balaban J connectivity index is 0.00000280. The van der Waals surface area contributed by atoms with Crippen LogP contribution in [-0.4, -0.2) is 72.1 Å². The Hall–Kier alpha value is -0.470. The van der Waals surface area contributed by atoms with Crippen molar-refractivity contribution in [1.29, 1.82) is 0 Å². The van der Waals surface area contributed by atoms with E-state index >= 15 is 0 Å². The summed E-state index contributed by atoms with van der Waals surface area (Å²) in [6, 6.07) is 10.8. The number of benzene rings is 1. The largest absolute Gasteiger partial charge is 0.357 e. The molecule has 1 aromatic carbocycles. The summed E-state index contributed by atoms with van der Waals surface area (Å²) in [7, 11) is 0. The van der Waals surface area contributed by atoms with Gasteiger partial charge in [-0.1, -0.05) is 30.3 Å². The van der Waals surface area contributed by atoms with Gasteiger partial charge in [0.25, 0.3) is 0 Å². The van der Waals surface area contributed by atoms with E-state index in [1.807, 2.05) is 0 Å². The molecule has 0 spiro atoms. The summed E-state index contributed by atoms with van der Waals surface area (Å²) < 4.78 is 0.316. The van der Waals surface area contributed by atoms with Crippen LogP contribution in [0.5, 0.6) is 0 Å². The second kappa shape index (κ2) is 11.6. The van der Waals surface area contributed by atoms with Crippen molar-refractivity contribution in [3.05, 3.63) is 35.9 Å². The molecule has 0 aromatic heterocycles. The molecule has 28 heavy (non-hydrogen) atoms. The van der Waals surface area contributed by atoms with E-state index in [1.54, 1.807) is 0 Å². The molecule has 2 saturated heterocycles. The number of aliphatic imine (C=N–C) groups is 1. The van der Waals surface area contributed by atoms with Gasteiger partial charge >= 0.3 is 0 Å². The number of thioether (sulfide) groups is 1. The summed E-state index contributed by atoms with van der Waals surface area (Å²) in [4.78, 5) is 10.1. The number of rotatable bonds is 6. The first-order chi connectivity index (χ1) is 13.1. The van der Waals surface area contributed by atoms with E-state index in [1.165, 1.54) is 37.4 Å². The predicted molar refractivity (Wildman–Crippen MR) is 134 cm³/mol. The molecule has 1 aromatic rings. The lowest BCUT2D eigenvalue weighted by atomic mass is 10.1. The summed E-state index contributed by atoms with van der Waals surface area (Å²) in [5, 5.41) is 3.52. The maximum Gasteiger partial charge on any atom is 0.193 e. The number of nitrogens with zero attached hydrogens (tertiary/aromatic N) is 3. The van der Waals surface area contributed by atoms with Gasteiger partial charge in [-0.2, -0.15) is 11.8 Å². The third-order valence-corrected chi connectivity index (χ3v) is 6.79. The monoisotopic (exact) mass is 516 g/mol. The number of nitrogens with one attached hydrogen (secondary N) is 1. The summed E-state index contributed by atoms with van der Waals surface area (Å²) in [5.41, 5.74) is 1.44. The Labute approximate surface area is 192 Å². The molecule has 3 rings (SSSR count). The molecule has 2 aliphatic rings. The molecule has 0 saturated carbocycles. The van der Waals surface area contributed by atoms with E-state index in [-0.39, 0.29) is 24.0 Å². The van der Waals surface area contributed by atoms with Crippen LogP contribution in [0.3, 0.4) is 0 Å². The van der Waals surface area contributed by atoms with Gasteiger partial charge in [0, 0.05) is 49.8 Å². The number of likely N-dealkylation sites (tertiary alicyclic amines) is 1. The standard InChI is InChI=1S/C22H36N4S.HI/c1-4-23-21(26-14-15-27-22(2,3)18-26)24-16-20-11-13-25(17-20)12-10-19-8-6-5-7-9-19;/h5-9,20H,4,10-18H2,1-3H3,(H,23,24);1H. The minimum atomic E-state index is 0. The second-order valence-corrected chi connectivity index (χ2v) is 10.2. The van der Waals surface area contributed by atoms with E-state index in [0.717, 1.165) is 38.6 Å². The van der Waals surface area contributed by atoms with E-state index < -0.39 is 0 Å². The predicted octanol–water partition coefficient (Wildman–Crippen LogP) is 3.96. The van der Waals surface area contributed by atoms with E-state index in [2.05, 4.69) is 78.0 Å². The molecule has 4 nitrogen and oxygen atoms in total. The first-order valence-electron chi connectivity index (χ1n) is 10.5. The molecule has 2 heterocycles. The van der Waals surface area contributed by atoms with Crippen molar-refractivity contribution < 1.29 is 0 Å². The molecule has 1 unspecified atom stereocenters. The van der Waals surface area contributed by atoms with Crippen LogP contribution in [0.4, 0.5) is 0 Å². The quantitative estimate of drug-likeness (QED) is 0.353. The Morgan fingerprint density at radius 2 is 2.04 bits per heavy atom. The fourth-order valence-corrected chi connectivity index (χ4v) is 5.15. The third-order valence-electron chi connectivity index (χ3n) is 5.49. The van der Waals surface area contributed by atoms with Gasteiger partial charge < -0.3 is 15.1 Å². The maximum atomic E-state index is 5.03. The molecule has 158 valence electrons. The van der Waals surface area contributed by atoms with Crippen LogP contribution < -0.4 is 5.32 Å². The van der Waals surface area contributed by atoms with Gasteiger partial charge in [0.2, 0.25) is 0 Å². The topological polar surface area (TPSA) is 30.9 Å². The normalized spacial score (nSPS) is 22.8. The van der Waals surface area contributed by atoms with Crippen molar-refractivity contribution >= 4 is 41.7 Å². The lowest BCUT2D eigenvalue weighted by Crippen LogP contribution is -2.51. The highest BCUT2D eigenvalue weighted by Gasteiger charge is 2.29. The zero-order valence-electron chi connectivity index (χ0n) is 17.7. The number of hydrogen-bond donors (Lipinski definition) is 1. The van der Waals surface area contributed by atoms with Gasteiger partial charge in [-0.05, 0) is 51.6 Å². The molecule has 0 amide bonds. The molecule has 6 heteroatoms. The minimum Gasteiger partial charge on any atom is -0.357 e. The summed E-state index contributed by atoms with van der Waals surface area (Å²) in [6.07, 6.45) is 2.43. The van der Waals surface area contributed by atoms with Crippen molar-refractivity contribution in [2.75, 3.05) is 51.6 Å². The van der Waals surface area contributed by atoms with Crippen LogP contribution in [0.2, 0.25) is 0 Å². The summed E-state index contributed by atoms with van der Waals surface area (Å²) in [5.74, 6) is 3.00. The van der Waals surface area contributed by atoms with E-state index in [9.17, 15) is 0 Å².